The van der Waals surface area contributed by atoms with E-state index in [2.05, 4.69) is 5.32 Å². The number of hydrogen-bond donors (Lipinski definition) is 1. The highest BCUT2D eigenvalue weighted by Gasteiger charge is 2.12. The molecule has 2 rings (SSSR count). The van der Waals surface area contributed by atoms with Crippen molar-refractivity contribution in [3.05, 3.63) is 59.7 Å². The highest BCUT2D eigenvalue weighted by Crippen LogP contribution is 2.22. The van der Waals surface area contributed by atoms with Crippen molar-refractivity contribution in [2.45, 2.75) is 32.9 Å². The number of benzene rings is 2. The van der Waals surface area contributed by atoms with Crippen LogP contribution in [0.4, 0.5) is 0 Å². The first-order valence-corrected chi connectivity index (χ1v) is 7.79. The summed E-state index contributed by atoms with van der Waals surface area (Å²) in [7, 11) is 1.61. The number of para-hydroxylation sites is 1. The van der Waals surface area contributed by atoms with Gasteiger partial charge in [0.1, 0.15) is 18.1 Å². The predicted octanol–water partition coefficient (Wildman–Crippen LogP) is 3.80. The molecule has 0 aliphatic heterocycles. The second kappa shape index (κ2) is 8.22. The van der Waals surface area contributed by atoms with Gasteiger partial charge in [0, 0.05) is 17.2 Å². The summed E-state index contributed by atoms with van der Waals surface area (Å²) in [4.78, 5) is 12.2. The van der Waals surface area contributed by atoms with Gasteiger partial charge < -0.3 is 14.8 Å². The summed E-state index contributed by atoms with van der Waals surface area (Å²) in [5.74, 6) is 1.41. The van der Waals surface area contributed by atoms with Crippen LogP contribution in [0.3, 0.4) is 0 Å². The molecule has 1 atom stereocenters. The first-order chi connectivity index (χ1) is 11.1. The summed E-state index contributed by atoms with van der Waals surface area (Å²) in [6.07, 6.45) is 0.895. The molecule has 0 heterocycles. The van der Waals surface area contributed by atoms with Crippen molar-refractivity contribution in [1.29, 1.82) is 0 Å². The molecule has 2 aromatic rings. The minimum Gasteiger partial charge on any atom is -0.496 e. The maximum absolute atomic E-state index is 12.2. The van der Waals surface area contributed by atoms with Gasteiger partial charge in [-0.05, 0) is 43.7 Å². The van der Waals surface area contributed by atoms with Crippen molar-refractivity contribution in [1.82, 2.24) is 5.32 Å². The Labute approximate surface area is 137 Å². The molecule has 1 N–H and O–H groups in total. The van der Waals surface area contributed by atoms with Crippen molar-refractivity contribution in [3.8, 4) is 11.5 Å². The van der Waals surface area contributed by atoms with E-state index < -0.39 is 0 Å². The van der Waals surface area contributed by atoms with E-state index in [1.54, 1.807) is 19.2 Å². The Hall–Kier alpha value is -2.49. The van der Waals surface area contributed by atoms with Gasteiger partial charge in [-0.1, -0.05) is 25.1 Å². The number of carbonyl (C=O) groups excluding carboxylic acids is 1. The molecule has 0 fully saturated rings. The molecule has 122 valence electrons. The van der Waals surface area contributed by atoms with Crippen molar-refractivity contribution < 1.29 is 14.3 Å². The largest absolute Gasteiger partial charge is 0.496 e. The predicted molar refractivity (Wildman–Crippen MR) is 91.0 cm³/mol. The van der Waals surface area contributed by atoms with E-state index in [-0.39, 0.29) is 11.9 Å². The number of hydrogen-bond acceptors (Lipinski definition) is 3. The summed E-state index contributed by atoms with van der Waals surface area (Å²) >= 11 is 0. The topological polar surface area (TPSA) is 47.6 Å². The van der Waals surface area contributed by atoms with E-state index in [9.17, 15) is 4.79 Å². The van der Waals surface area contributed by atoms with E-state index in [1.165, 1.54) is 0 Å². The van der Waals surface area contributed by atoms with Gasteiger partial charge in [0.15, 0.2) is 0 Å². The van der Waals surface area contributed by atoms with Gasteiger partial charge in [-0.3, -0.25) is 4.79 Å². The molecule has 4 heteroatoms. The Kier molecular flexibility index (Phi) is 6.03. The SMILES string of the molecule is CCC(C)NC(=O)c1ccc(OC)c(COc2ccccc2)c1. The van der Waals surface area contributed by atoms with Gasteiger partial charge in [0.25, 0.3) is 5.91 Å². The minimum absolute atomic E-state index is 0.0806. The highest BCUT2D eigenvalue weighted by atomic mass is 16.5. The molecule has 1 unspecified atom stereocenters. The number of rotatable bonds is 7. The molecule has 0 aromatic heterocycles. The van der Waals surface area contributed by atoms with E-state index in [1.807, 2.05) is 50.2 Å². The normalized spacial score (nSPS) is 11.6. The van der Waals surface area contributed by atoms with E-state index in [0.29, 0.717) is 17.9 Å². The third-order valence-corrected chi connectivity index (χ3v) is 3.67. The van der Waals surface area contributed by atoms with E-state index >= 15 is 0 Å². The fourth-order valence-corrected chi connectivity index (χ4v) is 2.12. The highest BCUT2D eigenvalue weighted by molar-refractivity contribution is 5.94. The first kappa shape index (κ1) is 16.9. The third kappa shape index (κ3) is 4.74. The fraction of sp³-hybridized carbons (Fsp3) is 0.316. The number of amides is 1. The van der Waals surface area contributed by atoms with Crippen LogP contribution in [-0.4, -0.2) is 19.1 Å². The van der Waals surface area contributed by atoms with Crippen LogP contribution in [0.5, 0.6) is 11.5 Å². The Morgan fingerprint density at radius 3 is 2.57 bits per heavy atom. The lowest BCUT2D eigenvalue weighted by Gasteiger charge is -2.14. The van der Waals surface area contributed by atoms with E-state index in [0.717, 1.165) is 17.7 Å². The zero-order chi connectivity index (χ0) is 16.7. The zero-order valence-electron chi connectivity index (χ0n) is 13.8. The molecular weight excluding hydrogens is 290 g/mol. The molecular formula is C19H23NO3. The summed E-state index contributed by atoms with van der Waals surface area (Å²) in [6.45, 7) is 4.37. The summed E-state index contributed by atoms with van der Waals surface area (Å²) < 4.78 is 11.1. The molecule has 2 aromatic carbocycles. The number of ether oxygens (including phenoxy) is 2. The first-order valence-electron chi connectivity index (χ1n) is 7.79. The zero-order valence-corrected chi connectivity index (χ0v) is 13.8. The Morgan fingerprint density at radius 1 is 1.17 bits per heavy atom. The average molecular weight is 313 g/mol. The Balaban J connectivity index is 2.13. The van der Waals surface area contributed by atoms with Gasteiger partial charge in [-0.2, -0.15) is 0 Å². The van der Waals surface area contributed by atoms with Crippen LogP contribution in [0.1, 0.15) is 36.2 Å². The maximum Gasteiger partial charge on any atom is 0.251 e. The van der Waals surface area contributed by atoms with Crippen LogP contribution in [0.2, 0.25) is 0 Å². The second-order valence-electron chi connectivity index (χ2n) is 5.41. The number of nitrogens with one attached hydrogen (secondary N) is 1. The van der Waals surface area contributed by atoms with Crippen molar-refractivity contribution in [2.24, 2.45) is 0 Å². The molecule has 0 bridgehead atoms. The molecule has 4 nitrogen and oxygen atoms in total. The van der Waals surface area contributed by atoms with Crippen molar-refractivity contribution >= 4 is 5.91 Å². The van der Waals surface area contributed by atoms with Gasteiger partial charge in [-0.25, -0.2) is 0 Å². The van der Waals surface area contributed by atoms with Crippen LogP contribution in [0.25, 0.3) is 0 Å². The number of carbonyl (C=O) groups is 1. The van der Waals surface area contributed by atoms with Gasteiger partial charge >= 0.3 is 0 Å². The second-order valence-corrected chi connectivity index (χ2v) is 5.41. The lowest BCUT2D eigenvalue weighted by molar-refractivity contribution is 0.0939. The average Bonchev–Trinajstić information content (AvgIpc) is 2.60. The standard InChI is InChI=1S/C19H23NO3/c1-4-14(2)20-19(21)15-10-11-18(22-3)16(12-15)13-23-17-8-6-5-7-9-17/h5-12,14H,4,13H2,1-3H3,(H,20,21). The van der Waals surface area contributed by atoms with Gasteiger partial charge in [0.2, 0.25) is 0 Å². The quantitative estimate of drug-likeness (QED) is 0.845. The lowest BCUT2D eigenvalue weighted by Crippen LogP contribution is -2.31. The molecule has 0 saturated carbocycles. The molecule has 1 amide bonds. The maximum atomic E-state index is 12.2. The smallest absolute Gasteiger partial charge is 0.251 e. The van der Waals surface area contributed by atoms with Crippen LogP contribution in [-0.2, 0) is 6.61 Å². The Morgan fingerprint density at radius 2 is 1.91 bits per heavy atom. The molecule has 23 heavy (non-hydrogen) atoms. The summed E-state index contributed by atoms with van der Waals surface area (Å²) in [5, 5.41) is 2.96. The molecule has 0 saturated heterocycles. The summed E-state index contributed by atoms with van der Waals surface area (Å²) in [6, 6.07) is 15.1. The fourth-order valence-electron chi connectivity index (χ4n) is 2.12. The van der Waals surface area contributed by atoms with Gasteiger partial charge in [-0.15, -0.1) is 0 Å². The molecule has 0 spiro atoms. The minimum atomic E-state index is -0.0806. The van der Waals surface area contributed by atoms with Crippen LogP contribution < -0.4 is 14.8 Å². The van der Waals surface area contributed by atoms with Crippen molar-refractivity contribution in [3.63, 3.8) is 0 Å². The third-order valence-electron chi connectivity index (χ3n) is 3.67. The Bertz CT molecular complexity index is 640. The van der Waals surface area contributed by atoms with Crippen molar-refractivity contribution in [2.75, 3.05) is 7.11 Å². The van der Waals surface area contributed by atoms with Crippen LogP contribution in [0.15, 0.2) is 48.5 Å². The van der Waals surface area contributed by atoms with E-state index in [4.69, 9.17) is 9.47 Å². The molecule has 0 radical (unpaired) electrons. The van der Waals surface area contributed by atoms with Gasteiger partial charge in [0.05, 0.1) is 7.11 Å². The monoisotopic (exact) mass is 313 g/mol. The molecule has 0 aliphatic rings. The number of methoxy groups -OCH3 is 1. The van der Waals surface area contributed by atoms with Crippen LogP contribution >= 0.6 is 0 Å². The lowest BCUT2D eigenvalue weighted by atomic mass is 10.1. The summed E-state index contributed by atoms with van der Waals surface area (Å²) in [5.41, 5.74) is 1.45. The van der Waals surface area contributed by atoms with Crippen LogP contribution in [0, 0.1) is 0 Å². The molecule has 0 aliphatic carbocycles.